The summed E-state index contributed by atoms with van der Waals surface area (Å²) < 4.78 is 15.7. The summed E-state index contributed by atoms with van der Waals surface area (Å²) in [5.74, 6) is 7.71. The molecule has 2 aliphatic rings. The first-order valence-electron chi connectivity index (χ1n) is 13.1. The van der Waals surface area contributed by atoms with E-state index in [2.05, 4.69) is 27.0 Å². The largest absolute Gasteiger partial charge is 0.342 e. The van der Waals surface area contributed by atoms with Crippen LogP contribution in [0.15, 0.2) is 53.7 Å². The molecule has 40 heavy (non-hydrogen) atoms. The normalized spacial score (nSPS) is 16.9. The minimum atomic E-state index is -0.851. The number of thiophene rings is 1. The fraction of sp³-hybridized carbons (Fsp3) is 0.300. The van der Waals surface area contributed by atoms with Crippen molar-refractivity contribution in [2.24, 2.45) is 4.99 Å². The summed E-state index contributed by atoms with van der Waals surface area (Å²) in [6, 6.07) is 12.6. The Morgan fingerprint density at radius 3 is 2.60 bits per heavy atom. The van der Waals surface area contributed by atoms with E-state index >= 15 is 0 Å². The van der Waals surface area contributed by atoms with E-state index in [0.29, 0.717) is 48.3 Å². The van der Waals surface area contributed by atoms with Gasteiger partial charge in [-0.15, -0.1) is 21.5 Å². The quantitative estimate of drug-likeness (QED) is 0.298. The summed E-state index contributed by atoms with van der Waals surface area (Å²) in [7, 11) is 0. The number of amides is 1. The highest BCUT2D eigenvalue weighted by Crippen LogP contribution is 2.40. The van der Waals surface area contributed by atoms with Gasteiger partial charge in [-0.3, -0.25) is 14.4 Å². The molecule has 0 bridgehead atoms. The first-order chi connectivity index (χ1) is 19.4. The van der Waals surface area contributed by atoms with Gasteiger partial charge in [-0.2, -0.15) is 0 Å². The predicted octanol–water partition coefficient (Wildman–Crippen LogP) is 5.64. The molecule has 10 heteroatoms. The Labute approximate surface area is 240 Å². The van der Waals surface area contributed by atoms with Crippen molar-refractivity contribution < 1.29 is 9.18 Å². The minimum Gasteiger partial charge on any atom is -0.342 e. The Morgan fingerprint density at radius 2 is 1.88 bits per heavy atom. The topological polar surface area (TPSA) is 76.3 Å². The molecule has 0 saturated carbocycles. The number of nitrogens with zero attached hydrogens (tertiary/aromatic N) is 6. The number of carbonyl (C=O) groups excluding carboxylic acids is 1. The van der Waals surface area contributed by atoms with Gasteiger partial charge >= 0.3 is 0 Å². The average Bonchev–Trinajstić information content (AvgIpc) is 3.46. The van der Waals surface area contributed by atoms with Crippen LogP contribution in [0, 0.1) is 25.7 Å². The van der Waals surface area contributed by atoms with Crippen LogP contribution >= 0.6 is 22.9 Å². The number of aliphatic imine (C=N–C) groups is 1. The molecule has 1 amide bonds. The summed E-state index contributed by atoms with van der Waals surface area (Å²) in [6.07, 6.45) is 1.72. The van der Waals surface area contributed by atoms with Gasteiger partial charge in [-0.1, -0.05) is 29.8 Å². The third kappa shape index (κ3) is 5.05. The van der Waals surface area contributed by atoms with Crippen LogP contribution in [0.25, 0.3) is 5.00 Å². The van der Waals surface area contributed by atoms with E-state index in [-0.39, 0.29) is 12.3 Å². The molecule has 4 aromatic rings. The van der Waals surface area contributed by atoms with Gasteiger partial charge in [-0.25, -0.2) is 9.37 Å². The van der Waals surface area contributed by atoms with Gasteiger partial charge in [0, 0.05) is 35.4 Å². The molecule has 0 aliphatic carbocycles. The Balaban J connectivity index is 1.48. The van der Waals surface area contributed by atoms with Gasteiger partial charge in [0.1, 0.15) is 28.7 Å². The number of piperidine rings is 1. The Hall–Kier alpha value is -3.87. The van der Waals surface area contributed by atoms with Crippen molar-refractivity contribution in [1.82, 2.24) is 24.6 Å². The Bertz CT molecular complexity index is 1660. The number of aryl methyl sites for hydroxylation is 1. The number of hydrogen-bond acceptors (Lipinski definition) is 6. The maximum absolute atomic E-state index is 13.7. The number of pyridine rings is 1. The molecule has 7 nitrogen and oxygen atoms in total. The predicted molar refractivity (Wildman–Crippen MR) is 154 cm³/mol. The zero-order valence-corrected chi connectivity index (χ0v) is 23.6. The van der Waals surface area contributed by atoms with E-state index in [9.17, 15) is 9.18 Å². The van der Waals surface area contributed by atoms with Crippen LogP contribution in [0.3, 0.4) is 0 Å². The molecule has 0 radical (unpaired) electrons. The van der Waals surface area contributed by atoms with Crippen molar-refractivity contribution in [2.45, 2.75) is 45.3 Å². The molecule has 0 unspecified atom stereocenters. The highest BCUT2D eigenvalue weighted by molar-refractivity contribution is 7.15. The van der Waals surface area contributed by atoms with E-state index < -0.39 is 12.2 Å². The van der Waals surface area contributed by atoms with Crippen LogP contribution in [0.4, 0.5) is 4.39 Å². The molecule has 3 aromatic heterocycles. The Morgan fingerprint density at radius 1 is 1.10 bits per heavy atom. The highest BCUT2D eigenvalue weighted by Gasteiger charge is 2.34. The zero-order chi connectivity index (χ0) is 27.8. The third-order valence-electron chi connectivity index (χ3n) is 7.23. The molecule has 5 heterocycles. The lowest BCUT2D eigenvalue weighted by Gasteiger charge is -2.29. The maximum Gasteiger partial charge on any atom is 0.225 e. The molecule has 202 valence electrons. The number of hydrogen-bond donors (Lipinski definition) is 0. The standard InChI is InChI=1S/C30H26ClFN6OS/c1-18-25(11-10-23-5-3-4-14-33-23)40-30-27(18)28(20-6-8-21(31)9-7-20)34-24(29-36-35-19(2)38(29)30)17-26(39)37-15-12-22(32)13-16-37/h3-9,14,22,24H,12-13,15-17H2,1-2H3/t24-/m0/s1. The number of benzene rings is 1. The van der Waals surface area contributed by atoms with E-state index in [1.54, 1.807) is 22.4 Å². The van der Waals surface area contributed by atoms with Crippen molar-refractivity contribution in [1.29, 1.82) is 0 Å². The molecule has 1 saturated heterocycles. The second-order valence-electron chi connectivity index (χ2n) is 9.90. The van der Waals surface area contributed by atoms with Crippen LogP contribution < -0.4 is 0 Å². The van der Waals surface area contributed by atoms with E-state index in [0.717, 1.165) is 32.3 Å². The second kappa shape index (κ2) is 11.0. The molecular formula is C30H26ClFN6OS. The summed E-state index contributed by atoms with van der Waals surface area (Å²) in [6.45, 7) is 4.76. The number of fused-ring (bicyclic) bond motifs is 3. The SMILES string of the molecule is Cc1c(C#Cc2ccccn2)sc2c1C(c1ccc(Cl)cc1)=N[C@@H](CC(=O)N1CCC(F)CC1)c1nnc(C)n1-2. The van der Waals surface area contributed by atoms with Crippen molar-refractivity contribution in [2.75, 3.05) is 13.1 Å². The lowest BCUT2D eigenvalue weighted by atomic mass is 9.99. The van der Waals surface area contributed by atoms with Crippen LogP contribution in [0.5, 0.6) is 0 Å². The summed E-state index contributed by atoms with van der Waals surface area (Å²) in [4.78, 5) is 25.5. The van der Waals surface area contributed by atoms with Crippen molar-refractivity contribution in [3.8, 4) is 16.8 Å². The van der Waals surface area contributed by atoms with Gasteiger partial charge in [0.2, 0.25) is 5.91 Å². The van der Waals surface area contributed by atoms with E-state index in [1.165, 1.54) is 0 Å². The Kier molecular flexibility index (Phi) is 7.22. The first-order valence-corrected chi connectivity index (χ1v) is 14.3. The van der Waals surface area contributed by atoms with Gasteiger partial charge in [0.15, 0.2) is 5.82 Å². The van der Waals surface area contributed by atoms with Crippen LogP contribution in [-0.4, -0.2) is 55.5 Å². The van der Waals surface area contributed by atoms with Gasteiger partial charge in [0.05, 0.1) is 17.0 Å². The van der Waals surface area contributed by atoms with Crippen molar-refractivity contribution >= 4 is 34.6 Å². The maximum atomic E-state index is 13.7. The molecule has 0 spiro atoms. The molecule has 1 fully saturated rings. The van der Waals surface area contributed by atoms with Crippen LogP contribution in [0.2, 0.25) is 5.02 Å². The molecule has 6 rings (SSSR count). The van der Waals surface area contributed by atoms with E-state index in [4.69, 9.17) is 16.6 Å². The molecule has 1 aromatic carbocycles. The highest BCUT2D eigenvalue weighted by atomic mass is 35.5. The lowest BCUT2D eigenvalue weighted by molar-refractivity contribution is -0.133. The zero-order valence-electron chi connectivity index (χ0n) is 22.1. The van der Waals surface area contributed by atoms with Gasteiger partial charge in [0.25, 0.3) is 0 Å². The number of halogens is 2. The van der Waals surface area contributed by atoms with Crippen molar-refractivity contribution in [3.63, 3.8) is 0 Å². The monoisotopic (exact) mass is 572 g/mol. The van der Waals surface area contributed by atoms with Crippen LogP contribution in [0.1, 0.15) is 64.2 Å². The molecule has 0 N–H and O–H groups in total. The van der Waals surface area contributed by atoms with E-state index in [1.807, 2.05) is 60.9 Å². The number of carbonyl (C=O) groups is 1. The molecular weight excluding hydrogens is 547 g/mol. The number of rotatable bonds is 3. The van der Waals surface area contributed by atoms with Crippen LogP contribution in [-0.2, 0) is 4.79 Å². The molecule has 2 aliphatic heterocycles. The summed E-state index contributed by atoms with van der Waals surface area (Å²) in [5, 5.41) is 10.4. The summed E-state index contributed by atoms with van der Waals surface area (Å²) in [5.41, 5.74) is 4.22. The van der Waals surface area contributed by atoms with Gasteiger partial charge in [-0.05, 0) is 68.4 Å². The number of aromatic nitrogens is 4. The van der Waals surface area contributed by atoms with Crippen molar-refractivity contribution in [3.05, 3.63) is 92.6 Å². The number of likely N-dealkylation sites (tertiary alicyclic amines) is 1. The second-order valence-corrected chi connectivity index (χ2v) is 11.3. The average molecular weight is 573 g/mol. The first kappa shape index (κ1) is 26.4. The number of alkyl halides is 1. The fourth-order valence-electron chi connectivity index (χ4n) is 5.09. The van der Waals surface area contributed by atoms with Gasteiger partial charge < -0.3 is 4.90 Å². The third-order valence-corrected chi connectivity index (χ3v) is 8.68. The molecule has 1 atom stereocenters. The smallest absolute Gasteiger partial charge is 0.225 e. The lowest BCUT2D eigenvalue weighted by Crippen LogP contribution is -2.39. The summed E-state index contributed by atoms with van der Waals surface area (Å²) >= 11 is 7.77. The minimum absolute atomic E-state index is 0.0628. The fourth-order valence-corrected chi connectivity index (χ4v) is 6.44.